The van der Waals surface area contributed by atoms with Crippen molar-refractivity contribution in [3.05, 3.63) is 95.8 Å². The number of aromatic nitrogens is 2. The zero-order chi connectivity index (χ0) is 22.6. The molecule has 168 valence electrons. The van der Waals surface area contributed by atoms with Crippen molar-refractivity contribution in [1.82, 2.24) is 9.55 Å². The van der Waals surface area contributed by atoms with E-state index in [1.165, 1.54) is 65.6 Å². The second-order valence-electron chi connectivity index (χ2n) is 9.51. The van der Waals surface area contributed by atoms with Gasteiger partial charge in [-0.2, -0.15) is 0 Å². The molecule has 3 aromatic carbocycles. The van der Waals surface area contributed by atoms with Crippen LogP contribution < -0.4 is 0 Å². The molecule has 0 N–H and O–H groups in total. The highest BCUT2D eigenvalue weighted by atomic mass is 15.1. The van der Waals surface area contributed by atoms with Gasteiger partial charge in [-0.3, -0.25) is 4.57 Å². The minimum Gasteiger partial charge on any atom is -0.299 e. The first kappa shape index (κ1) is 21.7. The Morgan fingerprint density at radius 3 is 2.36 bits per heavy atom. The van der Waals surface area contributed by atoms with Gasteiger partial charge in [0.05, 0.1) is 5.69 Å². The van der Waals surface area contributed by atoms with Crippen LogP contribution in [0.2, 0.25) is 0 Å². The molecule has 1 aliphatic carbocycles. The first-order valence-electron chi connectivity index (χ1n) is 12.6. The van der Waals surface area contributed by atoms with Gasteiger partial charge in [-0.15, -0.1) is 0 Å². The van der Waals surface area contributed by atoms with E-state index in [2.05, 4.69) is 91.3 Å². The van der Waals surface area contributed by atoms with Crippen molar-refractivity contribution in [2.45, 2.75) is 64.7 Å². The third-order valence-electron chi connectivity index (χ3n) is 7.08. The Kier molecular flexibility index (Phi) is 6.44. The minimum atomic E-state index is 0.685. The predicted molar refractivity (Wildman–Crippen MR) is 139 cm³/mol. The normalized spacial score (nSPS) is 14.5. The lowest BCUT2D eigenvalue weighted by Crippen LogP contribution is -2.09. The molecule has 33 heavy (non-hydrogen) atoms. The van der Waals surface area contributed by atoms with E-state index in [1.54, 1.807) is 0 Å². The van der Waals surface area contributed by atoms with Crippen LogP contribution in [0.3, 0.4) is 0 Å². The Bertz CT molecular complexity index is 1200. The molecule has 0 unspecified atom stereocenters. The number of hydrogen-bond acceptors (Lipinski definition) is 1. The van der Waals surface area contributed by atoms with Crippen molar-refractivity contribution < 1.29 is 0 Å². The van der Waals surface area contributed by atoms with Crippen molar-refractivity contribution in [3.63, 3.8) is 0 Å². The molecule has 0 amide bonds. The van der Waals surface area contributed by atoms with E-state index in [1.807, 2.05) is 6.20 Å². The Balaban J connectivity index is 1.73. The molecule has 1 aliphatic rings. The van der Waals surface area contributed by atoms with Gasteiger partial charge in [-0.1, -0.05) is 98.8 Å². The maximum atomic E-state index is 4.80. The van der Waals surface area contributed by atoms with Crippen LogP contribution in [0.1, 0.15) is 68.1 Å². The highest BCUT2D eigenvalue weighted by Crippen LogP contribution is 2.40. The van der Waals surface area contributed by atoms with Gasteiger partial charge in [0.2, 0.25) is 0 Å². The average molecular weight is 435 g/mol. The zero-order valence-corrected chi connectivity index (χ0v) is 19.9. The number of hydrogen-bond donors (Lipinski definition) is 0. The fraction of sp³-hybridized carbons (Fsp3) is 0.323. The van der Waals surface area contributed by atoms with E-state index < -0.39 is 0 Å². The molecule has 0 bridgehead atoms. The quantitative estimate of drug-likeness (QED) is 0.297. The Morgan fingerprint density at radius 1 is 0.879 bits per heavy atom. The predicted octanol–water partition coefficient (Wildman–Crippen LogP) is 8.51. The van der Waals surface area contributed by atoms with Gasteiger partial charge in [0.1, 0.15) is 5.82 Å². The zero-order valence-electron chi connectivity index (χ0n) is 19.9. The van der Waals surface area contributed by atoms with E-state index in [0.717, 1.165) is 24.2 Å². The van der Waals surface area contributed by atoms with Crippen LogP contribution in [-0.4, -0.2) is 9.55 Å². The van der Waals surface area contributed by atoms with Crippen molar-refractivity contribution in [2.24, 2.45) is 0 Å². The fourth-order valence-corrected chi connectivity index (χ4v) is 5.37. The van der Waals surface area contributed by atoms with Gasteiger partial charge in [0.25, 0.3) is 0 Å². The number of aryl methyl sites for hydroxylation is 2. The molecule has 0 spiro atoms. The molecule has 1 aromatic heterocycles. The summed E-state index contributed by atoms with van der Waals surface area (Å²) in [4.78, 5) is 4.80. The van der Waals surface area contributed by atoms with Gasteiger partial charge in [-0.25, -0.2) is 4.98 Å². The summed E-state index contributed by atoms with van der Waals surface area (Å²) in [6, 6.07) is 24.6. The molecule has 1 fully saturated rings. The van der Waals surface area contributed by atoms with E-state index in [-0.39, 0.29) is 0 Å². The summed E-state index contributed by atoms with van der Waals surface area (Å²) in [5.41, 5.74) is 9.28. The molecule has 1 heterocycles. The van der Waals surface area contributed by atoms with Gasteiger partial charge >= 0.3 is 0 Å². The highest BCUT2D eigenvalue weighted by molar-refractivity contribution is 5.78. The monoisotopic (exact) mass is 434 g/mol. The molecule has 4 aromatic rings. The first-order valence-corrected chi connectivity index (χ1v) is 12.6. The van der Waals surface area contributed by atoms with Crippen LogP contribution in [0.4, 0.5) is 0 Å². The molecule has 0 radical (unpaired) electrons. The second-order valence-corrected chi connectivity index (χ2v) is 9.51. The summed E-state index contributed by atoms with van der Waals surface area (Å²) in [5.74, 6) is 1.69. The Labute approximate surface area is 198 Å². The van der Waals surface area contributed by atoms with Crippen LogP contribution in [-0.2, 0) is 6.42 Å². The molecule has 5 rings (SSSR count). The van der Waals surface area contributed by atoms with Crippen LogP contribution >= 0.6 is 0 Å². The average Bonchev–Trinajstić information content (AvgIpc) is 3.35. The summed E-state index contributed by atoms with van der Waals surface area (Å²) in [7, 11) is 0. The van der Waals surface area contributed by atoms with Crippen LogP contribution in [0.25, 0.3) is 28.2 Å². The lowest BCUT2D eigenvalue weighted by molar-refractivity contribution is 0.443. The van der Waals surface area contributed by atoms with Gasteiger partial charge in [0, 0.05) is 23.5 Å². The summed E-state index contributed by atoms with van der Waals surface area (Å²) in [6.07, 6.45) is 13.0. The van der Waals surface area contributed by atoms with Gasteiger partial charge in [-0.05, 0) is 54.9 Å². The maximum Gasteiger partial charge on any atom is 0.144 e. The number of benzene rings is 3. The summed E-state index contributed by atoms with van der Waals surface area (Å²) in [6.45, 7) is 4.42. The van der Waals surface area contributed by atoms with Crippen LogP contribution in [0.15, 0.2) is 79.1 Å². The Morgan fingerprint density at radius 2 is 1.64 bits per heavy atom. The van der Waals surface area contributed by atoms with Crippen LogP contribution in [0, 0.1) is 6.92 Å². The fourth-order valence-electron chi connectivity index (χ4n) is 5.37. The number of nitrogens with zero attached hydrogens (tertiary/aromatic N) is 2. The number of rotatable bonds is 6. The van der Waals surface area contributed by atoms with Crippen LogP contribution in [0.5, 0.6) is 0 Å². The molecule has 0 atom stereocenters. The first-order chi connectivity index (χ1) is 16.2. The van der Waals surface area contributed by atoms with Crippen molar-refractivity contribution in [2.75, 3.05) is 0 Å². The maximum absolute atomic E-state index is 4.80. The molecular formula is C31H34N2. The third-order valence-corrected chi connectivity index (χ3v) is 7.08. The second kappa shape index (κ2) is 9.79. The minimum absolute atomic E-state index is 0.685. The molecule has 2 nitrogen and oxygen atoms in total. The molecule has 0 aliphatic heterocycles. The summed E-state index contributed by atoms with van der Waals surface area (Å²) < 4.78 is 2.32. The lowest BCUT2D eigenvalue weighted by Gasteiger charge is -2.26. The smallest absolute Gasteiger partial charge is 0.144 e. The topological polar surface area (TPSA) is 17.8 Å². The Hall–Kier alpha value is -3.13. The van der Waals surface area contributed by atoms with Gasteiger partial charge < -0.3 is 0 Å². The third kappa shape index (κ3) is 4.53. The highest BCUT2D eigenvalue weighted by Gasteiger charge is 2.22. The summed E-state index contributed by atoms with van der Waals surface area (Å²) >= 11 is 0. The molecule has 1 saturated carbocycles. The molecular weight excluding hydrogens is 400 g/mol. The number of imidazole rings is 1. The van der Waals surface area contributed by atoms with E-state index >= 15 is 0 Å². The SMILES string of the molecule is CCCc1cc(C2CCCCC2)cc(-c2ccccc2)c1-n1ccnc1-c1ccc(C)cc1. The van der Waals surface area contributed by atoms with Crippen molar-refractivity contribution in [1.29, 1.82) is 0 Å². The van der Waals surface area contributed by atoms with E-state index in [9.17, 15) is 0 Å². The standard InChI is InChI=1S/C31H34N2/c1-3-10-27-21-28(24-11-6-4-7-12-24)22-29(25-13-8-5-9-14-25)30(27)33-20-19-32-31(33)26-17-15-23(2)16-18-26/h5,8-9,13-22,24H,3-4,6-7,10-12H2,1-2H3. The largest absolute Gasteiger partial charge is 0.299 e. The summed E-state index contributed by atoms with van der Waals surface area (Å²) in [5, 5.41) is 0. The van der Waals surface area contributed by atoms with E-state index in [4.69, 9.17) is 4.98 Å². The van der Waals surface area contributed by atoms with Crippen molar-refractivity contribution in [3.8, 4) is 28.2 Å². The van der Waals surface area contributed by atoms with Crippen molar-refractivity contribution >= 4 is 0 Å². The lowest BCUT2D eigenvalue weighted by atomic mass is 9.81. The molecule has 0 saturated heterocycles. The molecule has 2 heteroatoms. The van der Waals surface area contributed by atoms with E-state index in [0.29, 0.717) is 5.92 Å². The van der Waals surface area contributed by atoms with Gasteiger partial charge in [0.15, 0.2) is 0 Å².